The summed E-state index contributed by atoms with van der Waals surface area (Å²) in [6.45, 7) is 0.623. The van der Waals surface area contributed by atoms with Crippen molar-refractivity contribution in [1.29, 1.82) is 0 Å². The highest BCUT2D eigenvalue weighted by Gasteiger charge is 2.00. The van der Waals surface area contributed by atoms with Gasteiger partial charge < -0.3 is 10.1 Å². The summed E-state index contributed by atoms with van der Waals surface area (Å²) in [6.07, 6.45) is 4.59. The van der Waals surface area contributed by atoms with Crippen molar-refractivity contribution in [2.45, 2.75) is 6.42 Å². The molecule has 0 fully saturated rings. The van der Waals surface area contributed by atoms with Gasteiger partial charge in [0, 0.05) is 18.8 Å². The van der Waals surface area contributed by atoms with Crippen molar-refractivity contribution in [1.82, 2.24) is 9.38 Å². The van der Waals surface area contributed by atoms with Crippen LogP contribution in [0, 0.1) is 0 Å². The maximum Gasteiger partial charge on any atom is 0.137 e. The van der Waals surface area contributed by atoms with Gasteiger partial charge in [0.25, 0.3) is 0 Å². The molecule has 2 N–H and O–H groups in total. The molecular weight excluding hydrogens is 186 g/mol. The van der Waals surface area contributed by atoms with Gasteiger partial charge in [-0.3, -0.25) is 0 Å². The summed E-state index contributed by atoms with van der Waals surface area (Å²) in [7, 11) is 0. The Kier molecular flexibility index (Phi) is 2.20. The molecule has 0 aliphatic carbocycles. The Morgan fingerprint density at radius 3 is 3.00 bits per heavy atom. The van der Waals surface area contributed by atoms with Crippen LogP contribution in [0.5, 0.6) is 0 Å². The van der Waals surface area contributed by atoms with Crippen LogP contribution in [0.1, 0.15) is 5.69 Å². The Balaban J connectivity index is 2.49. The highest BCUT2D eigenvalue weighted by molar-refractivity contribution is 6.30. The molecule has 0 unspecified atom stereocenters. The number of rotatable bonds is 2. The Morgan fingerprint density at radius 2 is 2.23 bits per heavy atom. The number of imidazole rings is 1. The van der Waals surface area contributed by atoms with E-state index in [1.165, 1.54) is 0 Å². The van der Waals surface area contributed by atoms with Crippen LogP contribution < -0.4 is 5.73 Å². The third-order valence-electron chi connectivity index (χ3n) is 1.87. The van der Waals surface area contributed by atoms with E-state index < -0.39 is 0 Å². The van der Waals surface area contributed by atoms with Gasteiger partial charge in [-0.1, -0.05) is 11.6 Å². The Labute approximate surface area is 81.1 Å². The highest BCUT2D eigenvalue weighted by atomic mass is 35.5. The van der Waals surface area contributed by atoms with E-state index in [1.807, 2.05) is 28.9 Å². The number of pyridine rings is 1. The van der Waals surface area contributed by atoms with Crippen molar-refractivity contribution >= 4 is 17.2 Å². The zero-order valence-corrected chi connectivity index (χ0v) is 7.83. The molecule has 3 nitrogen and oxygen atoms in total. The fourth-order valence-electron chi connectivity index (χ4n) is 1.29. The Morgan fingerprint density at radius 1 is 1.38 bits per heavy atom. The first-order valence-electron chi connectivity index (χ1n) is 4.13. The van der Waals surface area contributed by atoms with E-state index in [0.29, 0.717) is 11.6 Å². The summed E-state index contributed by atoms with van der Waals surface area (Å²) in [6, 6.07) is 3.72. The van der Waals surface area contributed by atoms with Crippen LogP contribution in [-0.4, -0.2) is 15.9 Å². The van der Waals surface area contributed by atoms with Crippen molar-refractivity contribution < 1.29 is 0 Å². The van der Waals surface area contributed by atoms with Crippen LogP contribution >= 0.6 is 11.6 Å². The predicted molar refractivity (Wildman–Crippen MR) is 53.0 cm³/mol. The second-order valence-corrected chi connectivity index (χ2v) is 3.32. The molecule has 2 rings (SSSR count). The molecule has 0 saturated heterocycles. The van der Waals surface area contributed by atoms with Crippen molar-refractivity contribution in [2.75, 3.05) is 6.54 Å². The Bertz CT molecular complexity index is 422. The topological polar surface area (TPSA) is 43.3 Å². The first-order valence-corrected chi connectivity index (χ1v) is 4.50. The molecule has 4 heteroatoms. The zero-order valence-electron chi connectivity index (χ0n) is 7.07. The molecular formula is C9H10ClN3. The lowest BCUT2D eigenvalue weighted by Crippen LogP contribution is -2.02. The van der Waals surface area contributed by atoms with Gasteiger partial charge in [0.05, 0.1) is 10.7 Å². The van der Waals surface area contributed by atoms with Gasteiger partial charge >= 0.3 is 0 Å². The van der Waals surface area contributed by atoms with Gasteiger partial charge in [0.15, 0.2) is 0 Å². The average molecular weight is 196 g/mol. The minimum atomic E-state index is 0.623. The number of fused-ring (bicyclic) bond motifs is 1. The molecule has 2 aromatic heterocycles. The van der Waals surface area contributed by atoms with E-state index in [0.717, 1.165) is 17.8 Å². The molecule has 0 radical (unpaired) electrons. The average Bonchev–Trinajstić information content (AvgIpc) is 2.46. The molecule has 0 aromatic carbocycles. The van der Waals surface area contributed by atoms with Gasteiger partial charge in [-0.2, -0.15) is 0 Å². The van der Waals surface area contributed by atoms with Gasteiger partial charge in [0.1, 0.15) is 5.65 Å². The smallest absolute Gasteiger partial charge is 0.137 e. The van der Waals surface area contributed by atoms with Crippen molar-refractivity contribution in [3.8, 4) is 0 Å². The fourth-order valence-corrected chi connectivity index (χ4v) is 1.45. The van der Waals surface area contributed by atoms with Crippen molar-refractivity contribution in [3.63, 3.8) is 0 Å². The number of hydrogen-bond donors (Lipinski definition) is 1. The van der Waals surface area contributed by atoms with Gasteiger partial charge in [0.2, 0.25) is 0 Å². The van der Waals surface area contributed by atoms with Crippen LogP contribution in [-0.2, 0) is 6.42 Å². The minimum Gasteiger partial charge on any atom is -0.330 e. The number of aromatic nitrogens is 2. The van der Waals surface area contributed by atoms with Gasteiger partial charge in [-0.15, -0.1) is 0 Å². The predicted octanol–water partition coefficient (Wildman–Crippen LogP) is 1.49. The van der Waals surface area contributed by atoms with E-state index >= 15 is 0 Å². The zero-order chi connectivity index (χ0) is 9.26. The third-order valence-corrected chi connectivity index (χ3v) is 2.09. The van der Waals surface area contributed by atoms with E-state index in [1.54, 1.807) is 0 Å². The summed E-state index contributed by atoms with van der Waals surface area (Å²) < 4.78 is 1.91. The number of halogens is 1. The fraction of sp³-hybridized carbons (Fsp3) is 0.222. The number of nitrogens with two attached hydrogens (primary N) is 1. The largest absolute Gasteiger partial charge is 0.330 e. The van der Waals surface area contributed by atoms with Crippen molar-refractivity contribution in [2.24, 2.45) is 5.73 Å². The van der Waals surface area contributed by atoms with Crippen LogP contribution in [0.4, 0.5) is 0 Å². The molecule has 0 bridgehead atoms. The first-order chi connectivity index (χ1) is 6.29. The maximum absolute atomic E-state index is 5.83. The van der Waals surface area contributed by atoms with Crippen LogP contribution in [0.25, 0.3) is 5.65 Å². The molecule has 0 aliphatic rings. The minimum absolute atomic E-state index is 0.623. The molecule has 2 aromatic rings. The van der Waals surface area contributed by atoms with Crippen LogP contribution in [0.3, 0.4) is 0 Å². The highest BCUT2D eigenvalue weighted by Crippen LogP contribution is 2.11. The van der Waals surface area contributed by atoms with Crippen LogP contribution in [0.2, 0.25) is 5.02 Å². The standard InChI is InChI=1S/C9H10ClN3/c10-7-1-2-9-12-8(3-4-11)6-13(9)5-7/h1-2,5-6H,3-4,11H2. The molecule has 0 aliphatic heterocycles. The van der Waals surface area contributed by atoms with Crippen LogP contribution in [0.15, 0.2) is 24.5 Å². The van der Waals surface area contributed by atoms with E-state index in [4.69, 9.17) is 17.3 Å². The lowest BCUT2D eigenvalue weighted by Gasteiger charge is -1.91. The molecule has 0 saturated carbocycles. The van der Waals surface area contributed by atoms with Gasteiger partial charge in [-0.05, 0) is 18.7 Å². The summed E-state index contributed by atoms with van der Waals surface area (Å²) in [5, 5.41) is 0.712. The normalized spacial score (nSPS) is 10.9. The lowest BCUT2D eigenvalue weighted by atomic mass is 10.3. The SMILES string of the molecule is NCCc1cn2cc(Cl)ccc2n1. The molecule has 2 heterocycles. The van der Waals surface area contributed by atoms with E-state index in [9.17, 15) is 0 Å². The Hall–Kier alpha value is -1.06. The molecule has 68 valence electrons. The molecule has 0 amide bonds. The van der Waals surface area contributed by atoms with E-state index in [-0.39, 0.29) is 0 Å². The maximum atomic E-state index is 5.83. The third kappa shape index (κ3) is 1.66. The summed E-state index contributed by atoms with van der Waals surface area (Å²) in [4.78, 5) is 4.37. The van der Waals surface area contributed by atoms with Gasteiger partial charge in [-0.25, -0.2) is 4.98 Å². The summed E-state index contributed by atoms with van der Waals surface area (Å²) in [5.41, 5.74) is 7.35. The molecule has 0 atom stereocenters. The number of hydrogen-bond acceptors (Lipinski definition) is 2. The quantitative estimate of drug-likeness (QED) is 0.789. The number of nitrogens with zero attached hydrogens (tertiary/aromatic N) is 2. The van der Waals surface area contributed by atoms with E-state index in [2.05, 4.69) is 4.98 Å². The summed E-state index contributed by atoms with van der Waals surface area (Å²) >= 11 is 5.83. The first kappa shape index (κ1) is 8.53. The second kappa shape index (κ2) is 3.36. The summed E-state index contributed by atoms with van der Waals surface area (Å²) in [5.74, 6) is 0. The monoisotopic (exact) mass is 195 g/mol. The lowest BCUT2D eigenvalue weighted by molar-refractivity contribution is 0.937. The molecule has 0 spiro atoms. The van der Waals surface area contributed by atoms with Crippen molar-refractivity contribution in [3.05, 3.63) is 35.2 Å². The second-order valence-electron chi connectivity index (χ2n) is 2.88. The molecule has 13 heavy (non-hydrogen) atoms.